The number of amides is 1. The van der Waals surface area contributed by atoms with Gasteiger partial charge in [-0.25, -0.2) is 4.39 Å². The van der Waals surface area contributed by atoms with Gasteiger partial charge >= 0.3 is 0 Å². The van der Waals surface area contributed by atoms with Crippen molar-refractivity contribution in [3.8, 4) is 5.75 Å². The molecule has 0 saturated carbocycles. The zero-order chi connectivity index (χ0) is 20.8. The molecule has 2 aromatic carbocycles. The molecule has 0 radical (unpaired) electrons. The summed E-state index contributed by atoms with van der Waals surface area (Å²) in [4.78, 5) is 17.0. The number of hydrogen-bond acceptors (Lipinski definition) is 4. The second kappa shape index (κ2) is 9.85. The number of piperazine rings is 1. The minimum atomic E-state index is -0.331. The van der Waals surface area contributed by atoms with Gasteiger partial charge in [0.05, 0.1) is 13.7 Å². The number of nitrogens with zero attached hydrogens (tertiary/aromatic N) is 2. The van der Waals surface area contributed by atoms with E-state index >= 15 is 0 Å². The van der Waals surface area contributed by atoms with E-state index in [2.05, 4.69) is 28.1 Å². The lowest BCUT2D eigenvalue weighted by Gasteiger charge is -2.34. The molecule has 0 unspecified atom stereocenters. The zero-order valence-corrected chi connectivity index (χ0v) is 17.5. The van der Waals surface area contributed by atoms with Gasteiger partial charge in [0.15, 0.2) is 11.6 Å². The predicted molar refractivity (Wildman–Crippen MR) is 114 cm³/mol. The SMILES string of the molecule is CCc1cccc(C)c1NC(=O)CN1CCN(Cc2ccc(OC)c(F)c2)CC1. The Bertz CT molecular complexity index is 848. The molecular weight excluding hydrogens is 369 g/mol. The number of halogens is 1. The fourth-order valence-electron chi connectivity index (χ4n) is 3.76. The minimum Gasteiger partial charge on any atom is -0.494 e. The number of ether oxygens (including phenoxy) is 1. The van der Waals surface area contributed by atoms with Crippen LogP contribution in [0.15, 0.2) is 36.4 Å². The van der Waals surface area contributed by atoms with Crippen molar-refractivity contribution >= 4 is 11.6 Å². The quantitative estimate of drug-likeness (QED) is 0.775. The summed E-state index contributed by atoms with van der Waals surface area (Å²) in [6, 6.07) is 11.2. The molecule has 1 N–H and O–H groups in total. The maximum absolute atomic E-state index is 13.9. The van der Waals surface area contributed by atoms with Gasteiger partial charge in [-0.1, -0.05) is 31.2 Å². The topological polar surface area (TPSA) is 44.8 Å². The molecule has 0 bridgehead atoms. The first-order valence-electron chi connectivity index (χ1n) is 10.2. The largest absolute Gasteiger partial charge is 0.494 e. The standard InChI is InChI=1S/C23H30FN3O2/c1-4-19-7-5-6-17(2)23(19)25-22(28)16-27-12-10-26(11-13-27)15-18-8-9-21(29-3)20(24)14-18/h5-9,14H,4,10-13,15-16H2,1-3H3,(H,25,28). The number of methoxy groups -OCH3 is 1. The highest BCUT2D eigenvalue weighted by molar-refractivity contribution is 5.93. The number of carbonyl (C=O) groups excluding carboxylic acids is 1. The van der Waals surface area contributed by atoms with Crippen LogP contribution in [0.25, 0.3) is 0 Å². The number of rotatable bonds is 7. The van der Waals surface area contributed by atoms with Crippen molar-refractivity contribution in [2.24, 2.45) is 0 Å². The number of anilines is 1. The smallest absolute Gasteiger partial charge is 0.238 e. The first-order chi connectivity index (χ1) is 14.0. The summed E-state index contributed by atoms with van der Waals surface area (Å²) in [6.45, 7) is 8.55. The Morgan fingerprint density at radius 1 is 1.14 bits per heavy atom. The van der Waals surface area contributed by atoms with Crippen molar-refractivity contribution in [3.05, 3.63) is 58.9 Å². The predicted octanol–water partition coefficient (Wildman–Crippen LogP) is 3.46. The van der Waals surface area contributed by atoms with Crippen molar-refractivity contribution in [3.63, 3.8) is 0 Å². The molecule has 1 amide bonds. The lowest BCUT2D eigenvalue weighted by Crippen LogP contribution is -2.48. The Hall–Kier alpha value is -2.44. The van der Waals surface area contributed by atoms with E-state index in [0.717, 1.165) is 55.0 Å². The molecule has 1 heterocycles. The Balaban J connectivity index is 1.48. The van der Waals surface area contributed by atoms with E-state index < -0.39 is 0 Å². The van der Waals surface area contributed by atoms with E-state index in [9.17, 15) is 9.18 Å². The van der Waals surface area contributed by atoms with Gasteiger partial charge in [0, 0.05) is 38.4 Å². The van der Waals surface area contributed by atoms with Crippen molar-refractivity contribution in [2.45, 2.75) is 26.8 Å². The van der Waals surface area contributed by atoms with Crippen LogP contribution in [-0.2, 0) is 17.8 Å². The van der Waals surface area contributed by atoms with Crippen molar-refractivity contribution < 1.29 is 13.9 Å². The van der Waals surface area contributed by atoms with Crippen LogP contribution < -0.4 is 10.1 Å². The number of hydrogen-bond donors (Lipinski definition) is 1. The molecule has 1 saturated heterocycles. The molecule has 156 valence electrons. The van der Waals surface area contributed by atoms with Gasteiger partial charge in [0.2, 0.25) is 5.91 Å². The molecule has 29 heavy (non-hydrogen) atoms. The van der Waals surface area contributed by atoms with Crippen LogP contribution in [0.2, 0.25) is 0 Å². The average molecular weight is 400 g/mol. The summed E-state index contributed by atoms with van der Waals surface area (Å²) >= 11 is 0. The van der Waals surface area contributed by atoms with Crippen molar-refractivity contribution in [1.29, 1.82) is 0 Å². The van der Waals surface area contributed by atoms with E-state index in [4.69, 9.17) is 4.74 Å². The van der Waals surface area contributed by atoms with Crippen LogP contribution in [0.3, 0.4) is 0 Å². The molecule has 6 heteroatoms. The van der Waals surface area contributed by atoms with E-state index in [-0.39, 0.29) is 17.5 Å². The van der Waals surface area contributed by atoms with Crippen LogP contribution in [0.1, 0.15) is 23.6 Å². The lowest BCUT2D eigenvalue weighted by atomic mass is 10.1. The molecule has 3 rings (SSSR count). The third-order valence-corrected chi connectivity index (χ3v) is 5.46. The fourth-order valence-corrected chi connectivity index (χ4v) is 3.76. The summed E-state index contributed by atoms with van der Waals surface area (Å²) in [7, 11) is 1.47. The van der Waals surface area contributed by atoms with E-state index in [1.807, 2.05) is 25.1 Å². The number of carbonyl (C=O) groups is 1. The van der Waals surface area contributed by atoms with Gasteiger partial charge in [-0.2, -0.15) is 0 Å². The van der Waals surface area contributed by atoms with Crippen LogP contribution in [0.5, 0.6) is 5.75 Å². The molecule has 5 nitrogen and oxygen atoms in total. The average Bonchev–Trinajstić information content (AvgIpc) is 2.71. The van der Waals surface area contributed by atoms with Crippen molar-refractivity contribution in [2.75, 3.05) is 45.2 Å². The van der Waals surface area contributed by atoms with Gasteiger partial charge in [-0.15, -0.1) is 0 Å². The Kier molecular flexibility index (Phi) is 7.23. The fraction of sp³-hybridized carbons (Fsp3) is 0.435. The second-order valence-electron chi connectivity index (χ2n) is 7.53. The van der Waals surface area contributed by atoms with Crippen LogP contribution in [0.4, 0.5) is 10.1 Å². The first-order valence-corrected chi connectivity index (χ1v) is 10.2. The molecule has 0 atom stereocenters. The highest BCUT2D eigenvalue weighted by Gasteiger charge is 2.20. The van der Waals surface area contributed by atoms with Crippen LogP contribution in [0, 0.1) is 12.7 Å². The third-order valence-electron chi connectivity index (χ3n) is 5.46. The highest BCUT2D eigenvalue weighted by Crippen LogP contribution is 2.21. The van der Waals surface area contributed by atoms with Gasteiger partial charge < -0.3 is 10.1 Å². The van der Waals surface area contributed by atoms with Gasteiger partial charge in [-0.3, -0.25) is 14.6 Å². The van der Waals surface area contributed by atoms with E-state index in [1.54, 1.807) is 6.07 Å². The minimum absolute atomic E-state index is 0.0275. The lowest BCUT2D eigenvalue weighted by molar-refractivity contribution is -0.117. The first kappa shape index (κ1) is 21.3. The molecule has 1 aliphatic rings. The van der Waals surface area contributed by atoms with Crippen LogP contribution in [-0.4, -0.2) is 55.5 Å². The van der Waals surface area contributed by atoms with Gasteiger partial charge in [-0.05, 0) is 42.2 Å². The summed E-state index contributed by atoms with van der Waals surface area (Å²) in [6.07, 6.45) is 0.891. The molecule has 1 fully saturated rings. The second-order valence-corrected chi connectivity index (χ2v) is 7.53. The van der Waals surface area contributed by atoms with Gasteiger partial charge in [0.25, 0.3) is 0 Å². The Labute approximate surface area is 172 Å². The summed E-state index contributed by atoms with van der Waals surface area (Å²) in [5, 5.41) is 3.10. The summed E-state index contributed by atoms with van der Waals surface area (Å²) < 4.78 is 18.8. The molecule has 1 aliphatic heterocycles. The molecule has 2 aromatic rings. The Morgan fingerprint density at radius 2 is 1.86 bits per heavy atom. The number of aryl methyl sites for hydroxylation is 2. The molecule has 0 aromatic heterocycles. The Morgan fingerprint density at radius 3 is 2.52 bits per heavy atom. The number of para-hydroxylation sites is 1. The molecule has 0 spiro atoms. The summed E-state index contributed by atoms with van der Waals surface area (Å²) in [5.41, 5.74) is 4.13. The van der Waals surface area contributed by atoms with E-state index in [1.165, 1.54) is 13.2 Å². The van der Waals surface area contributed by atoms with Gasteiger partial charge in [0.1, 0.15) is 0 Å². The number of nitrogens with one attached hydrogen (secondary N) is 1. The molecule has 0 aliphatic carbocycles. The van der Waals surface area contributed by atoms with Crippen molar-refractivity contribution in [1.82, 2.24) is 9.80 Å². The zero-order valence-electron chi connectivity index (χ0n) is 17.5. The maximum Gasteiger partial charge on any atom is 0.238 e. The monoisotopic (exact) mass is 399 g/mol. The molecular formula is C23H30FN3O2. The third kappa shape index (κ3) is 5.55. The maximum atomic E-state index is 13.9. The highest BCUT2D eigenvalue weighted by atomic mass is 19.1. The van der Waals surface area contributed by atoms with Crippen LogP contribution >= 0.6 is 0 Å². The number of benzene rings is 2. The summed E-state index contributed by atoms with van der Waals surface area (Å²) in [5.74, 6) is -0.0351. The van der Waals surface area contributed by atoms with E-state index in [0.29, 0.717) is 13.1 Å². The normalized spacial score (nSPS) is 15.3.